The van der Waals surface area contributed by atoms with Gasteiger partial charge < -0.3 is 19.5 Å². The first-order valence-electron chi connectivity index (χ1n) is 7.88. The van der Waals surface area contributed by atoms with Crippen molar-refractivity contribution in [1.82, 2.24) is 15.0 Å². The molecule has 1 saturated heterocycles. The maximum absolute atomic E-state index is 6.02. The summed E-state index contributed by atoms with van der Waals surface area (Å²) in [6.45, 7) is 4.08. The number of rotatable bonds is 6. The Balaban J connectivity index is 1.78. The second-order valence-electron chi connectivity index (χ2n) is 5.67. The molecule has 7 nitrogen and oxygen atoms in total. The highest BCUT2D eigenvalue weighted by molar-refractivity contribution is 5.83. The van der Waals surface area contributed by atoms with Crippen LogP contribution < -0.4 is 10.1 Å². The maximum atomic E-state index is 6.02. The van der Waals surface area contributed by atoms with Crippen LogP contribution in [0.4, 0.5) is 5.95 Å². The maximum Gasteiger partial charge on any atom is 0.224 e. The lowest BCUT2D eigenvalue weighted by molar-refractivity contribution is 0.0244. The minimum absolute atomic E-state index is 0.136. The number of anilines is 1. The van der Waals surface area contributed by atoms with Gasteiger partial charge in [-0.05, 0) is 13.0 Å². The van der Waals surface area contributed by atoms with Crippen LogP contribution >= 0.6 is 0 Å². The standard InChI is InChI=1S/C16H22N4O3/c1-11(10-21-2)19-16-18-9-13-14(20-16)3-6-17-15(13)23-12-4-7-22-8-5-12/h3,6,9,11-12H,4-5,7-8,10H2,1-2H3,(H,18,19,20). The van der Waals surface area contributed by atoms with Crippen LogP contribution in [0.15, 0.2) is 18.5 Å². The molecule has 0 aromatic carbocycles. The fourth-order valence-electron chi connectivity index (χ4n) is 2.56. The van der Waals surface area contributed by atoms with Gasteiger partial charge in [0.2, 0.25) is 11.8 Å². The molecule has 0 amide bonds. The zero-order valence-electron chi connectivity index (χ0n) is 13.5. The summed E-state index contributed by atoms with van der Waals surface area (Å²) in [5.41, 5.74) is 0.809. The van der Waals surface area contributed by atoms with Gasteiger partial charge in [0.05, 0.1) is 30.7 Å². The zero-order chi connectivity index (χ0) is 16.1. The molecule has 2 aromatic heterocycles. The quantitative estimate of drug-likeness (QED) is 0.873. The lowest BCUT2D eigenvalue weighted by Gasteiger charge is -2.23. The Hall–Kier alpha value is -1.99. The van der Waals surface area contributed by atoms with Gasteiger partial charge >= 0.3 is 0 Å². The normalized spacial score (nSPS) is 17.1. The van der Waals surface area contributed by atoms with Gasteiger partial charge in [-0.15, -0.1) is 0 Å². The number of pyridine rings is 1. The van der Waals surface area contributed by atoms with Crippen molar-refractivity contribution in [2.75, 3.05) is 32.2 Å². The van der Waals surface area contributed by atoms with E-state index in [1.807, 2.05) is 13.0 Å². The van der Waals surface area contributed by atoms with Crippen molar-refractivity contribution < 1.29 is 14.2 Å². The second-order valence-corrected chi connectivity index (χ2v) is 5.67. The lowest BCUT2D eigenvalue weighted by Crippen LogP contribution is -2.26. The van der Waals surface area contributed by atoms with E-state index in [-0.39, 0.29) is 12.1 Å². The highest BCUT2D eigenvalue weighted by Crippen LogP contribution is 2.24. The van der Waals surface area contributed by atoms with Gasteiger partial charge in [-0.1, -0.05) is 0 Å². The first kappa shape index (κ1) is 15.9. The molecular formula is C16H22N4O3. The van der Waals surface area contributed by atoms with Crippen molar-refractivity contribution in [3.63, 3.8) is 0 Å². The van der Waals surface area contributed by atoms with E-state index < -0.39 is 0 Å². The summed E-state index contributed by atoms with van der Waals surface area (Å²) >= 11 is 0. The first-order valence-corrected chi connectivity index (χ1v) is 7.88. The molecular weight excluding hydrogens is 296 g/mol. The van der Waals surface area contributed by atoms with Crippen molar-refractivity contribution in [2.45, 2.75) is 31.9 Å². The molecule has 0 spiro atoms. The number of fused-ring (bicyclic) bond motifs is 1. The van der Waals surface area contributed by atoms with Crippen molar-refractivity contribution in [2.24, 2.45) is 0 Å². The van der Waals surface area contributed by atoms with Crippen LogP contribution in [0, 0.1) is 0 Å². The fraction of sp³-hybridized carbons (Fsp3) is 0.562. The van der Waals surface area contributed by atoms with Gasteiger partial charge in [-0.2, -0.15) is 0 Å². The van der Waals surface area contributed by atoms with Gasteiger partial charge in [0.25, 0.3) is 0 Å². The Morgan fingerprint density at radius 3 is 2.96 bits per heavy atom. The molecule has 1 unspecified atom stereocenters. The van der Waals surface area contributed by atoms with Gasteiger partial charge in [0.15, 0.2) is 0 Å². The summed E-state index contributed by atoms with van der Waals surface area (Å²) in [6.07, 6.45) is 5.37. The van der Waals surface area contributed by atoms with Crippen LogP contribution in [-0.2, 0) is 9.47 Å². The molecule has 3 rings (SSSR count). The van der Waals surface area contributed by atoms with Crippen LogP contribution in [-0.4, -0.2) is 54.0 Å². The third-order valence-electron chi connectivity index (χ3n) is 3.71. The number of aromatic nitrogens is 3. The van der Waals surface area contributed by atoms with Crippen molar-refractivity contribution in [3.8, 4) is 5.88 Å². The van der Waals surface area contributed by atoms with E-state index in [0.29, 0.717) is 18.4 Å². The van der Waals surface area contributed by atoms with E-state index >= 15 is 0 Å². The predicted molar refractivity (Wildman–Crippen MR) is 86.8 cm³/mol. The number of hydrogen-bond acceptors (Lipinski definition) is 7. The monoisotopic (exact) mass is 318 g/mol. The van der Waals surface area contributed by atoms with Crippen LogP contribution in [0.1, 0.15) is 19.8 Å². The molecule has 3 heterocycles. The molecule has 0 bridgehead atoms. The van der Waals surface area contributed by atoms with Crippen LogP contribution in [0.3, 0.4) is 0 Å². The average molecular weight is 318 g/mol. The molecule has 7 heteroatoms. The van der Waals surface area contributed by atoms with Gasteiger partial charge in [0.1, 0.15) is 6.10 Å². The Bertz CT molecular complexity index is 646. The van der Waals surface area contributed by atoms with Crippen LogP contribution in [0.5, 0.6) is 5.88 Å². The number of ether oxygens (including phenoxy) is 3. The number of hydrogen-bond donors (Lipinski definition) is 1. The van der Waals surface area contributed by atoms with Crippen molar-refractivity contribution >= 4 is 16.9 Å². The van der Waals surface area contributed by atoms with Crippen LogP contribution in [0.25, 0.3) is 10.9 Å². The Labute approximate surface area is 135 Å². The van der Waals surface area contributed by atoms with Crippen molar-refractivity contribution in [1.29, 1.82) is 0 Å². The van der Waals surface area contributed by atoms with Gasteiger partial charge in [-0.25, -0.2) is 15.0 Å². The van der Waals surface area contributed by atoms with E-state index in [0.717, 1.165) is 37.0 Å². The minimum Gasteiger partial charge on any atom is -0.474 e. The Morgan fingerprint density at radius 2 is 2.17 bits per heavy atom. The summed E-state index contributed by atoms with van der Waals surface area (Å²) in [5, 5.41) is 4.03. The molecule has 0 saturated carbocycles. The smallest absolute Gasteiger partial charge is 0.224 e. The molecule has 23 heavy (non-hydrogen) atoms. The number of nitrogens with one attached hydrogen (secondary N) is 1. The molecule has 1 aliphatic rings. The average Bonchev–Trinajstić information content (AvgIpc) is 2.56. The van der Waals surface area contributed by atoms with E-state index in [9.17, 15) is 0 Å². The SMILES string of the molecule is COCC(C)Nc1ncc2c(OC3CCOCC3)nccc2n1. The third-order valence-corrected chi connectivity index (χ3v) is 3.71. The summed E-state index contributed by atoms with van der Waals surface area (Å²) in [7, 11) is 1.67. The molecule has 1 aliphatic heterocycles. The first-order chi connectivity index (χ1) is 11.3. The molecule has 0 aliphatic carbocycles. The van der Waals surface area contributed by atoms with Gasteiger partial charge in [-0.3, -0.25) is 0 Å². The van der Waals surface area contributed by atoms with E-state index in [1.54, 1.807) is 19.5 Å². The van der Waals surface area contributed by atoms with E-state index in [2.05, 4.69) is 20.3 Å². The Morgan fingerprint density at radius 1 is 1.35 bits per heavy atom. The van der Waals surface area contributed by atoms with Gasteiger partial charge in [0, 0.05) is 38.4 Å². The summed E-state index contributed by atoms with van der Waals surface area (Å²) in [5.74, 6) is 1.16. The molecule has 1 N–H and O–H groups in total. The Kier molecular flexibility index (Phi) is 5.19. The molecule has 1 fully saturated rings. The number of nitrogens with zero attached hydrogens (tertiary/aromatic N) is 3. The largest absolute Gasteiger partial charge is 0.474 e. The molecule has 0 radical (unpaired) electrons. The summed E-state index contributed by atoms with van der Waals surface area (Å²) < 4.78 is 16.5. The lowest BCUT2D eigenvalue weighted by atomic mass is 10.1. The molecule has 2 aromatic rings. The number of methoxy groups -OCH3 is 1. The highest BCUT2D eigenvalue weighted by Gasteiger charge is 2.17. The summed E-state index contributed by atoms with van der Waals surface area (Å²) in [4.78, 5) is 13.2. The fourth-order valence-corrected chi connectivity index (χ4v) is 2.56. The summed E-state index contributed by atoms with van der Waals surface area (Å²) in [6, 6.07) is 2.00. The second kappa shape index (κ2) is 7.52. The minimum atomic E-state index is 0.136. The third kappa shape index (κ3) is 4.05. The van der Waals surface area contributed by atoms with Crippen LogP contribution in [0.2, 0.25) is 0 Å². The van der Waals surface area contributed by atoms with E-state index in [1.165, 1.54) is 0 Å². The topological polar surface area (TPSA) is 78.4 Å². The van der Waals surface area contributed by atoms with E-state index in [4.69, 9.17) is 14.2 Å². The zero-order valence-corrected chi connectivity index (χ0v) is 13.5. The molecule has 124 valence electrons. The molecule has 1 atom stereocenters. The highest BCUT2D eigenvalue weighted by atomic mass is 16.5. The van der Waals surface area contributed by atoms with Crippen molar-refractivity contribution in [3.05, 3.63) is 18.5 Å². The predicted octanol–water partition coefficient (Wildman–Crippen LogP) is 2.03.